The van der Waals surface area contributed by atoms with E-state index < -0.39 is 0 Å². The van der Waals surface area contributed by atoms with E-state index in [0.29, 0.717) is 0 Å². The standard InChI is InChI=1S/C14H26O/c1-11(2)8-13-4-6-14(7-5-13)9-12(3)10-15/h10-14H,4-9H2,1-3H3. The summed E-state index contributed by atoms with van der Waals surface area (Å²) < 4.78 is 0. The van der Waals surface area contributed by atoms with Gasteiger partial charge in [0.2, 0.25) is 0 Å². The van der Waals surface area contributed by atoms with E-state index in [0.717, 1.165) is 30.5 Å². The lowest BCUT2D eigenvalue weighted by molar-refractivity contribution is -0.111. The zero-order chi connectivity index (χ0) is 11.3. The van der Waals surface area contributed by atoms with Crippen molar-refractivity contribution >= 4 is 6.29 Å². The number of carbonyl (C=O) groups is 1. The van der Waals surface area contributed by atoms with E-state index in [1.54, 1.807) is 0 Å². The van der Waals surface area contributed by atoms with Gasteiger partial charge in [0.25, 0.3) is 0 Å². The van der Waals surface area contributed by atoms with Crippen LogP contribution in [0.3, 0.4) is 0 Å². The molecule has 15 heavy (non-hydrogen) atoms. The molecule has 0 N–H and O–H groups in total. The molecular formula is C14H26O. The highest BCUT2D eigenvalue weighted by atomic mass is 16.1. The fourth-order valence-corrected chi connectivity index (χ4v) is 2.95. The van der Waals surface area contributed by atoms with Gasteiger partial charge in [0, 0.05) is 5.92 Å². The van der Waals surface area contributed by atoms with E-state index >= 15 is 0 Å². The second-order valence-electron chi connectivity index (χ2n) is 5.87. The van der Waals surface area contributed by atoms with Crippen molar-refractivity contribution < 1.29 is 4.79 Å². The molecule has 1 nitrogen and oxygen atoms in total. The van der Waals surface area contributed by atoms with Gasteiger partial charge in [-0.3, -0.25) is 0 Å². The van der Waals surface area contributed by atoms with Crippen molar-refractivity contribution in [1.82, 2.24) is 0 Å². The van der Waals surface area contributed by atoms with Crippen LogP contribution in [0.25, 0.3) is 0 Å². The first kappa shape index (κ1) is 12.7. The fraction of sp³-hybridized carbons (Fsp3) is 0.929. The van der Waals surface area contributed by atoms with Crippen molar-refractivity contribution in [3.8, 4) is 0 Å². The highest BCUT2D eigenvalue weighted by Crippen LogP contribution is 2.35. The summed E-state index contributed by atoms with van der Waals surface area (Å²) >= 11 is 0. The van der Waals surface area contributed by atoms with E-state index in [4.69, 9.17) is 0 Å². The Morgan fingerprint density at radius 3 is 1.87 bits per heavy atom. The third-order valence-corrected chi connectivity index (χ3v) is 3.71. The average Bonchev–Trinajstić information content (AvgIpc) is 2.20. The molecule has 1 aliphatic rings. The van der Waals surface area contributed by atoms with Gasteiger partial charge in [-0.25, -0.2) is 0 Å². The van der Waals surface area contributed by atoms with Crippen LogP contribution in [-0.2, 0) is 4.79 Å². The molecule has 0 bridgehead atoms. The molecule has 1 fully saturated rings. The number of hydrogen-bond acceptors (Lipinski definition) is 1. The summed E-state index contributed by atoms with van der Waals surface area (Å²) in [5, 5.41) is 0. The molecule has 1 saturated carbocycles. The molecule has 0 aromatic heterocycles. The minimum Gasteiger partial charge on any atom is -0.303 e. The van der Waals surface area contributed by atoms with Crippen LogP contribution in [-0.4, -0.2) is 6.29 Å². The summed E-state index contributed by atoms with van der Waals surface area (Å²) in [5.74, 6) is 2.92. The molecule has 1 aliphatic carbocycles. The number of rotatable bonds is 5. The molecule has 88 valence electrons. The fourth-order valence-electron chi connectivity index (χ4n) is 2.95. The van der Waals surface area contributed by atoms with Crippen LogP contribution in [0.2, 0.25) is 0 Å². The Morgan fingerprint density at radius 2 is 1.47 bits per heavy atom. The van der Waals surface area contributed by atoms with E-state index in [-0.39, 0.29) is 5.92 Å². The van der Waals surface area contributed by atoms with Gasteiger partial charge >= 0.3 is 0 Å². The lowest BCUT2D eigenvalue weighted by atomic mass is 9.76. The molecule has 0 spiro atoms. The first-order valence-corrected chi connectivity index (χ1v) is 6.57. The largest absolute Gasteiger partial charge is 0.303 e. The predicted molar refractivity (Wildman–Crippen MR) is 64.7 cm³/mol. The Labute approximate surface area is 94.6 Å². The Kier molecular flexibility index (Phi) is 5.35. The number of carbonyl (C=O) groups excluding carboxylic acids is 1. The summed E-state index contributed by atoms with van der Waals surface area (Å²) in [6.07, 6.45) is 9.14. The van der Waals surface area contributed by atoms with Gasteiger partial charge in [-0.2, -0.15) is 0 Å². The smallest absolute Gasteiger partial charge is 0.122 e. The van der Waals surface area contributed by atoms with Crippen molar-refractivity contribution in [2.45, 2.75) is 59.3 Å². The summed E-state index contributed by atoms with van der Waals surface area (Å²) in [6, 6.07) is 0. The van der Waals surface area contributed by atoms with Gasteiger partial charge in [-0.15, -0.1) is 0 Å². The number of aldehydes is 1. The third-order valence-electron chi connectivity index (χ3n) is 3.71. The van der Waals surface area contributed by atoms with Gasteiger partial charge in [-0.1, -0.05) is 46.5 Å². The summed E-state index contributed by atoms with van der Waals surface area (Å²) in [4.78, 5) is 10.6. The maximum absolute atomic E-state index is 10.6. The van der Waals surface area contributed by atoms with Gasteiger partial charge < -0.3 is 4.79 Å². The Balaban J connectivity index is 2.20. The Morgan fingerprint density at radius 1 is 1.00 bits per heavy atom. The highest BCUT2D eigenvalue weighted by Gasteiger charge is 2.22. The predicted octanol–water partition coefficient (Wildman–Crippen LogP) is 4.06. The van der Waals surface area contributed by atoms with Gasteiger partial charge in [0.15, 0.2) is 0 Å². The molecule has 0 heterocycles. The van der Waals surface area contributed by atoms with Crippen molar-refractivity contribution in [1.29, 1.82) is 0 Å². The zero-order valence-corrected chi connectivity index (χ0v) is 10.5. The number of hydrogen-bond donors (Lipinski definition) is 0. The van der Waals surface area contributed by atoms with Crippen LogP contribution in [0.5, 0.6) is 0 Å². The minimum atomic E-state index is 0.275. The summed E-state index contributed by atoms with van der Waals surface area (Å²) in [7, 11) is 0. The summed E-state index contributed by atoms with van der Waals surface area (Å²) in [6.45, 7) is 6.69. The topological polar surface area (TPSA) is 17.1 Å². The molecule has 1 rings (SSSR count). The van der Waals surface area contributed by atoms with Crippen molar-refractivity contribution in [2.24, 2.45) is 23.7 Å². The van der Waals surface area contributed by atoms with Gasteiger partial charge in [-0.05, 0) is 30.6 Å². The van der Waals surface area contributed by atoms with E-state index in [1.807, 2.05) is 6.92 Å². The van der Waals surface area contributed by atoms with Crippen molar-refractivity contribution in [3.63, 3.8) is 0 Å². The maximum Gasteiger partial charge on any atom is 0.122 e. The molecule has 0 aromatic carbocycles. The molecule has 0 aliphatic heterocycles. The van der Waals surface area contributed by atoms with Gasteiger partial charge in [0.05, 0.1) is 0 Å². The van der Waals surface area contributed by atoms with E-state index in [2.05, 4.69) is 13.8 Å². The molecule has 1 atom stereocenters. The van der Waals surface area contributed by atoms with Crippen LogP contribution in [0.15, 0.2) is 0 Å². The molecule has 0 amide bonds. The van der Waals surface area contributed by atoms with E-state index in [1.165, 1.54) is 32.1 Å². The first-order valence-electron chi connectivity index (χ1n) is 6.57. The molecule has 1 unspecified atom stereocenters. The molecular weight excluding hydrogens is 184 g/mol. The van der Waals surface area contributed by atoms with Crippen LogP contribution >= 0.6 is 0 Å². The molecule has 0 saturated heterocycles. The third kappa shape index (κ3) is 4.81. The minimum absolute atomic E-state index is 0.275. The van der Waals surface area contributed by atoms with Crippen LogP contribution < -0.4 is 0 Å². The van der Waals surface area contributed by atoms with Crippen molar-refractivity contribution in [2.75, 3.05) is 0 Å². The monoisotopic (exact) mass is 210 g/mol. The second-order valence-corrected chi connectivity index (χ2v) is 5.87. The normalized spacial score (nSPS) is 29.1. The average molecular weight is 210 g/mol. The Bertz CT molecular complexity index is 178. The summed E-state index contributed by atoms with van der Waals surface area (Å²) in [5.41, 5.74) is 0. The zero-order valence-electron chi connectivity index (χ0n) is 10.5. The van der Waals surface area contributed by atoms with Crippen LogP contribution in [0, 0.1) is 23.7 Å². The lowest BCUT2D eigenvalue weighted by Crippen LogP contribution is -2.18. The van der Waals surface area contributed by atoms with Crippen molar-refractivity contribution in [3.05, 3.63) is 0 Å². The molecule has 0 radical (unpaired) electrons. The lowest BCUT2D eigenvalue weighted by Gasteiger charge is -2.30. The SMILES string of the molecule is CC(C)CC1CCC(CC(C)C=O)CC1. The second kappa shape index (κ2) is 6.30. The Hall–Kier alpha value is -0.330. The first-order chi connectivity index (χ1) is 7.11. The quantitative estimate of drug-likeness (QED) is 0.625. The highest BCUT2D eigenvalue weighted by molar-refractivity contribution is 5.52. The maximum atomic E-state index is 10.6. The molecule has 1 heteroatoms. The van der Waals surface area contributed by atoms with Crippen LogP contribution in [0.4, 0.5) is 0 Å². The molecule has 0 aromatic rings. The van der Waals surface area contributed by atoms with E-state index in [9.17, 15) is 4.79 Å². The van der Waals surface area contributed by atoms with Crippen LogP contribution in [0.1, 0.15) is 59.3 Å². The van der Waals surface area contributed by atoms with Gasteiger partial charge in [0.1, 0.15) is 6.29 Å².